The van der Waals surface area contributed by atoms with E-state index < -0.39 is 0 Å². The van der Waals surface area contributed by atoms with Crippen LogP contribution < -0.4 is 14.8 Å². The summed E-state index contributed by atoms with van der Waals surface area (Å²) in [7, 11) is 0. The zero-order valence-electron chi connectivity index (χ0n) is 14.4. The number of carbonyl (C=O) groups excluding carboxylic acids is 1. The molecule has 0 atom stereocenters. The predicted molar refractivity (Wildman–Crippen MR) is 98.3 cm³/mol. The summed E-state index contributed by atoms with van der Waals surface area (Å²) in [6.45, 7) is 0.250. The highest BCUT2D eigenvalue weighted by Crippen LogP contribution is 2.33. The van der Waals surface area contributed by atoms with E-state index in [2.05, 4.69) is 15.3 Å². The smallest absolute Gasteiger partial charge is 0.231 e. The second-order valence-corrected chi connectivity index (χ2v) is 7.82. The first-order valence-corrected chi connectivity index (χ1v) is 9.76. The van der Waals surface area contributed by atoms with Crippen molar-refractivity contribution in [3.63, 3.8) is 0 Å². The largest absolute Gasteiger partial charge is 0.454 e. The van der Waals surface area contributed by atoms with E-state index in [0.717, 1.165) is 47.9 Å². The molecule has 1 amide bonds. The van der Waals surface area contributed by atoms with E-state index in [1.54, 1.807) is 24.2 Å². The molecule has 136 valence electrons. The Morgan fingerprint density at radius 2 is 1.88 bits per heavy atom. The Balaban J connectivity index is 1.23. The number of amides is 1. The zero-order chi connectivity index (χ0) is 17.8. The van der Waals surface area contributed by atoms with Crippen LogP contribution in [0.4, 0.5) is 0 Å². The van der Waals surface area contributed by atoms with Gasteiger partial charge in [-0.05, 0) is 49.4 Å². The van der Waals surface area contributed by atoms with Gasteiger partial charge >= 0.3 is 0 Å². The van der Waals surface area contributed by atoms with E-state index in [0.29, 0.717) is 11.7 Å². The van der Waals surface area contributed by atoms with E-state index in [4.69, 9.17) is 9.47 Å². The summed E-state index contributed by atoms with van der Waals surface area (Å²) in [4.78, 5) is 20.9. The minimum atomic E-state index is 0.0614. The predicted octanol–water partition coefficient (Wildman–Crippen LogP) is 2.97. The topological polar surface area (TPSA) is 73.3 Å². The highest BCUT2D eigenvalue weighted by Gasteiger charge is 2.24. The fourth-order valence-corrected chi connectivity index (χ4v) is 4.38. The van der Waals surface area contributed by atoms with Crippen LogP contribution in [0.25, 0.3) is 0 Å². The molecule has 6 nitrogen and oxygen atoms in total. The first-order chi connectivity index (χ1) is 12.8. The number of hydrogen-bond donors (Lipinski definition) is 1. The van der Waals surface area contributed by atoms with E-state index >= 15 is 0 Å². The number of aromatic nitrogens is 2. The molecular formula is C19H21N3O3S. The number of nitrogens with one attached hydrogen (secondary N) is 1. The van der Waals surface area contributed by atoms with Crippen molar-refractivity contribution in [1.82, 2.24) is 15.3 Å². The first kappa shape index (κ1) is 17.1. The van der Waals surface area contributed by atoms with Crippen LogP contribution in [0, 0.1) is 0 Å². The van der Waals surface area contributed by atoms with Crippen LogP contribution in [0.1, 0.15) is 31.2 Å². The number of nitrogens with zero attached hydrogens (tertiary/aromatic N) is 2. The van der Waals surface area contributed by atoms with Crippen molar-refractivity contribution in [1.29, 1.82) is 0 Å². The van der Waals surface area contributed by atoms with E-state index in [-0.39, 0.29) is 18.7 Å². The Kier molecular flexibility index (Phi) is 5.24. The minimum Gasteiger partial charge on any atom is -0.454 e. The molecule has 0 saturated heterocycles. The lowest BCUT2D eigenvalue weighted by molar-refractivity contribution is -0.121. The molecule has 0 bridgehead atoms. The zero-order valence-corrected chi connectivity index (χ0v) is 15.2. The van der Waals surface area contributed by atoms with Gasteiger partial charge in [0.05, 0.1) is 6.42 Å². The summed E-state index contributed by atoms with van der Waals surface area (Å²) >= 11 is 1.74. The van der Waals surface area contributed by atoms with Crippen molar-refractivity contribution in [2.75, 3.05) is 6.79 Å². The Morgan fingerprint density at radius 3 is 2.69 bits per heavy atom. The van der Waals surface area contributed by atoms with E-state index in [1.807, 2.05) is 24.3 Å². The molecule has 2 aliphatic rings. The molecule has 4 rings (SSSR count). The van der Waals surface area contributed by atoms with Crippen molar-refractivity contribution in [2.45, 2.75) is 48.6 Å². The maximum absolute atomic E-state index is 12.3. The molecule has 2 aromatic rings. The first-order valence-electron chi connectivity index (χ1n) is 8.88. The molecule has 26 heavy (non-hydrogen) atoms. The van der Waals surface area contributed by atoms with Crippen LogP contribution in [-0.2, 0) is 11.2 Å². The maximum atomic E-state index is 12.3. The maximum Gasteiger partial charge on any atom is 0.231 e. The summed E-state index contributed by atoms with van der Waals surface area (Å²) in [6.07, 6.45) is 8.04. The van der Waals surface area contributed by atoms with Crippen LogP contribution >= 0.6 is 11.8 Å². The third-order valence-electron chi connectivity index (χ3n) is 4.66. The van der Waals surface area contributed by atoms with Crippen molar-refractivity contribution < 1.29 is 14.3 Å². The van der Waals surface area contributed by atoms with Gasteiger partial charge in [-0.25, -0.2) is 9.97 Å². The van der Waals surface area contributed by atoms with Gasteiger partial charge in [-0.2, -0.15) is 0 Å². The Hall–Kier alpha value is -2.28. The highest BCUT2D eigenvalue weighted by atomic mass is 32.2. The molecule has 1 saturated carbocycles. The Labute approximate surface area is 156 Å². The number of carbonyl (C=O) groups is 1. The lowest BCUT2D eigenvalue weighted by atomic mass is 9.94. The van der Waals surface area contributed by atoms with Gasteiger partial charge in [-0.15, -0.1) is 0 Å². The summed E-state index contributed by atoms with van der Waals surface area (Å²) in [5.74, 6) is 1.52. The average Bonchev–Trinajstić information content (AvgIpc) is 3.12. The van der Waals surface area contributed by atoms with Crippen LogP contribution in [0.3, 0.4) is 0 Å². The number of benzene rings is 1. The van der Waals surface area contributed by atoms with Crippen molar-refractivity contribution >= 4 is 17.7 Å². The van der Waals surface area contributed by atoms with Crippen LogP contribution in [0.15, 0.2) is 41.8 Å². The van der Waals surface area contributed by atoms with Crippen LogP contribution in [0.5, 0.6) is 11.5 Å². The fraction of sp³-hybridized carbons (Fsp3) is 0.421. The molecule has 1 aliphatic heterocycles. The quantitative estimate of drug-likeness (QED) is 0.815. The lowest BCUT2D eigenvalue weighted by Gasteiger charge is -2.28. The van der Waals surface area contributed by atoms with Gasteiger partial charge in [0.25, 0.3) is 0 Å². The molecule has 1 aliphatic carbocycles. The number of ether oxygens (including phenoxy) is 2. The van der Waals surface area contributed by atoms with Crippen molar-refractivity contribution in [2.24, 2.45) is 0 Å². The van der Waals surface area contributed by atoms with E-state index in [9.17, 15) is 4.79 Å². The Bertz CT molecular complexity index is 764. The normalized spacial score (nSPS) is 21.4. The van der Waals surface area contributed by atoms with Crippen molar-refractivity contribution in [3.8, 4) is 11.5 Å². The highest BCUT2D eigenvalue weighted by molar-refractivity contribution is 7.99. The molecule has 1 fully saturated rings. The number of hydrogen-bond acceptors (Lipinski definition) is 6. The Morgan fingerprint density at radius 1 is 1.12 bits per heavy atom. The monoisotopic (exact) mass is 371 g/mol. The summed E-state index contributed by atoms with van der Waals surface area (Å²) in [5, 5.41) is 4.53. The molecular weight excluding hydrogens is 350 g/mol. The molecule has 1 N–H and O–H groups in total. The molecule has 0 unspecified atom stereocenters. The molecule has 1 aromatic carbocycles. The number of fused-ring (bicyclic) bond motifs is 1. The molecule has 2 heterocycles. The van der Waals surface area contributed by atoms with E-state index in [1.165, 1.54) is 0 Å². The lowest BCUT2D eigenvalue weighted by Crippen LogP contribution is -2.38. The summed E-state index contributed by atoms with van der Waals surface area (Å²) in [5.41, 5.74) is 0.942. The summed E-state index contributed by atoms with van der Waals surface area (Å²) in [6, 6.07) is 7.75. The second kappa shape index (κ2) is 7.95. The van der Waals surface area contributed by atoms with Gasteiger partial charge in [0.2, 0.25) is 12.7 Å². The third kappa shape index (κ3) is 4.27. The molecule has 0 radical (unpaired) electrons. The van der Waals surface area contributed by atoms with Gasteiger partial charge in [0, 0.05) is 23.7 Å². The van der Waals surface area contributed by atoms with Gasteiger partial charge in [-0.3, -0.25) is 4.79 Å². The molecule has 7 heteroatoms. The number of thioether (sulfide) groups is 1. The van der Waals surface area contributed by atoms with Gasteiger partial charge < -0.3 is 14.8 Å². The average molecular weight is 371 g/mol. The van der Waals surface area contributed by atoms with Crippen LogP contribution in [-0.4, -0.2) is 34.0 Å². The van der Waals surface area contributed by atoms with Crippen LogP contribution in [0.2, 0.25) is 0 Å². The fourth-order valence-electron chi connectivity index (χ4n) is 3.34. The summed E-state index contributed by atoms with van der Waals surface area (Å²) < 4.78 is 10.7. The van der Waals surface area contributed by atoms with Gasteiger partial charge in [0.15, 0.2) is 16.7 Å². The molecule has 1 aromatic heterocycles. The minimum absolute atomic E-state index is 0.0614. The molecule has 0 spiro atoms. The van der Waals surface area contributed by atoms with Gasteiger partial charge in [0.1, 0.15) is 0 Å². The second-order valence-electron chi connectivity index (χ2n) is 6.55. The SMILES string of the molecule is O=C(Cc1ccc2c(c1)OCO2)NC1CCC(Sc2ncccn2)CC1. The number of rotatable bonds is 5. The standard InChI is InChI=1S/C19H21N3O3S/c23-18(11-13-2-7-16-17(10-13)25-12-24-16)22-14-3-5-15(6-4-14)26-19-20-8-1-9-21-19/h1-2,7-10,14-15H,3-6,11-12H2,(H,22,23). The van der Waals surface area contributed by atoms with Gasteiger partial charge in [-0.1, -0.05) is 17.8 Å². The third-order valence-corrected chi connectivity index (χ3v) is 5.88. The van der Waals surface area contributed by atoms with Crippen molar-refractivity contribution in [3.05, 3.63) is 42.2 Å².